The highest BCUT2D eigenvalue weighted by molar-refractivity contribution is 5.95. The van der Waals surface area contributed by atoms with E-state index in [2.05, 4.69) is 0 Å². The molecule has 77 heavy (non-hydrogen) atoms. The Kier molecular flexibility index (Phi) is 13.2. The molecule has 15 nitrogen and oxygen atoms in total. The lowest BCUT2D eigenvalue weighted by atomic mass is 9.74. The number of benzene rings is 7. The van der Waals surface area contributed by atoms with Gasteiger partial charge in [0, 0.05) is 58.5 Å². The van der Waals surface area contributed by atoms with E-state index < -0.39 is 53.4 Å². The fourth-order valence-electron chi connectivity index (χ4n) is 11.3. The summed E-state index contributed by atoms with van der Waals surface area (Å²) >= 11 is 0. The molecule has 0 saturated carbocycles. The van der Waals surface area contributed by atoms with Gasteiger partial charge in [0.2, 0.25) is 0 Å². The Morgan fingerprint density at radius 2 is 1.19 bits per heavy atom. The van der Waals surface area contributed by atoms with Crippen molar-refractivity contribution < 1.29 is 52.5 Å². The molecule has 0 bridgehead atoms. The van der Waals surface area contributed by atoms with Crippen LogP contribution in [-0.2, 0) is 19.8 Å². The van der Waals surface area contributed by atoms with E-state index in [-0.39, 0.29) is 18.1 Å². The molecular weight excluding hydrogens is 981 g/mol. The van der Waals surface area contributed by atoms with Gasteiger partial charge in [0.15, 0.2) is 18.1 Å². The van der Waals surface area contributed by atoms with E-state index in [0.29, 0.717) is 74.7 Å². The third-order valence-electron chi connectivity index (χ3n) is 15.0. The molecule has 0 amide bonds. The van der Waals surface area contributed by atoms with Crippen molar-refractivity contribution in [3.05, 3.63) is 235 Å². The number of rotatable bonds is 13. The number of carbonyl (C=O) groups is 1. The average Bonchev–Trinajstić information content (AvgIpc) is 3.98. The van der Waals surface area contributed by atoms with Crippen LogP contribution in [0.2, 0.25) is 0 Å². The van der Waals surface area contributed by atoms with Gasteiger partial charge in [-0.3, -0.25) is 14.2 Å². The second-order valence-electron chi connectivity index (χ2n) is 19.3. The monoisotopic (exact) mass is 1030 g/mol. The van der Waals surface area contributed by atoms with Crippen LogP contribution in [0.3, 0.4) is 0 Å². The summed E-state index contributed by atoms with van der Waals surface area (Å²) in [5.74, 6) is 2.89. The van der Waals surface area contributed by atoms with E-state index >= 15 is 4.79 Å². The standard InChI is InChI=1S/C62H54N2O13/c1-69-40-27-21-37(22-28-40)54-43-12-4-6-15-46(43)74-49-18-10-14-45(56(49)54)62(68)51(36-73-48-17-11-19-50-57(48)55(38-23-29-41(70-2)30-24-38)44-13-5-7-16-47(44)75-50)76-60(58(62)77-53-20-8-9-35-72-53)63-34-33-52(65)64(61(63)67)59(66)39-25-31-42(71-3)32-26-39/h4-7,10-19,21-34,51,53-55,58,60,68H,8-9,20,35-36H2,1-3H3/t51-,53?,54?,55?,58+,60-,62-/m1/s1. The van der Waals surface area contributed by atoms with Gasteiger partial charge in [0.25, 0.3) is 11.5 Å². The zero-order valence-electron chi connectivity index (χ0n) is 42.4. The average molecular weight is 1040 g/mol. The van der Waals surface area contributed by atoms with Gasteiger partial charge in [-0.05, 0) is 115 Å². The Hall–Kier alpha value is -8.47. The van der Waals surface area contributed by atoms with Crippen LogP contribution in [0, 0.1) is 0 Å². The first-order chi connectivity index (χ1) is 37.7. The number of aromatic nitrogens is 2. The summed E-state index contributed by atoms with van der Waals surface area (Å²) in [4.78, 5) is 43.1. The van der Waals surface area contributed by atoms with Crippen LogP contribution in [-0.4, -0.2) is 73.2 Å². The molecule has 0 radical (unpaired) electrons. The number of hydrogen-bond donors (Lipinski definition) is 1. The molecule has 7 atom stereocenters. The first-order valence-electron chi connectivity index (χ1n) is 25.5. The summed E-state index contributed by atoms with van der Waals surface area (Å²) in [5, 5.41) is 14.5. The minimum absolute atomic E-state index is 0.0628. The molecule has 7 aromatic carbocycles. The summed E-state index contributed by atoms with van der Waals surface area (Å²) in [6.45, 7) is 0.0684. The van der Waals surface area contributed by atoms with Crippen molar-refractivity contribution in [3.8, 4) is 46.0 Å². The lowest BCUT2D eigenvalue weighted by Gasteiger charge is -2.40. The van der Waals surface area contributed by atoms with E-state index in [4.69, 9.17) is 42.6 Å². The van der Waals surface area contributed by atoms with Crippen molar-refractivity contribution in [1.29, 1.82) is 0 Å². The molecule has 2 saturated heterocycles. The van der Waals surface area contributed by atoms with Gasteiger partial charge in [-0.15, -0.1) is 0 Å². The van der Waals surface area contributed by atoms with Crippen molar-refractivity contribution >= 4 is 5.91 Å². The maximum absolute atomic E-state index is 15.1. The summed E-state index contributed by atoms with van der Waals surface area (Å²) in [6, 6.07) is 49.4. The maximum Gasteiger partial charge on any atom is 0.340 e. The van der Waals surface area contributed by atoms with Crippen molar-refractivity contribution in [2.45, 2.75) is 61.4 Å². The molecule has 3 unspecified atom stereocenters. The van der Waals surface area contributed by atoms with Crippen LogP contribution < -0.4 is 39.7 Å². The quantitative estimate of drug-likeness (QED) is 0.116. The predicted octanol–water partition coefficient (Wildman–Crippen LogP) is 10.1. The third-order valence-corrected chi connectivity index (χ3v) is 15.0. The van der Waals surface area contributed by atoms with E-state index in [1.54, 1.807) is 32.4 Å². The van der Waals surface area contributed by atoms with E-state index in [1.807, 2.05) is 127 Å². The Morgan fingerprint density at radius 3 is 1.79 bits per heavy atom. The second kappa shape index (κ2) is 20.6. The van der Waals surface area contributed by atoms with Crippen LogP contribution in [0.1, 0.15) is 86.6 Å². The number of para-hydroxylation sites is 2. The van der Waals surface area contributed by atoms with Gasteiger partial charge in [-0.25, -0.2) is 4.79 Å². The summed E-state index contributed by atoms with van der Waals surface area (Å²) in [5.41, 5.74) is 1.23. The highest BCUT2D eigenvalue weighted by atomic mass is 16.7. The minimum atomic E-state index is -2.22. The van der Waals surface area contributed by atoms with Gasteiger partial charge in [0.05, 0.1) is 21.3 Å². The van der Waals surface area contributed by atoms with Crippen LogP contribution in [0.5, 0.6) is 46.0 Å². The molecular formula is C62H54N2O13. The van der Waals surface area contributed by atoms with Crippen molar-refractivity contribution in [2.24, 2.45) is 0 Å². The first kappa shape index (κ1) is 49.4. The Labute approximate surface area is 443 Å². The molecule has 0 aliphatic carbocycles. The molecule has 1 aromatic heterocycles. The molecule has 12 rings (SSSR count). The zero-order chi connectivity index (χ0) is 52.8. The first-order valence-corrected chi connectivity index (χ1v) is 25.5. The SMILES string of the molecule is COc1ccc(C(=O)n2c(=O)ccn([C@@H]3O[C@H](COc4cccc5c4C(c4ccc(OC)cc4)c4ccccc4O5)[C@](O)(c4cccc5c4C(c4ccc(OC)cc4)c4ccccc4O5)[C@H]3OC3CCCCO3)c2=O)cc1. The summed E-state index contributed by atoms with van der Waals surface area (Å²) < 4.78 is 58.9. The lowest BCUT2D eigenvalue weighted by Crippen LogP contribution is -2.52. The number of carbonyl (C=O) groups excluding carboxylic acids is 1. The van der Waals surface area contributed by atoms with E-state index in [9.17, 15) is 14.7 Å². The smallest absolute Gasteiger partial charge is 0.340 e. The predicted molar refractivity (Wildman–Crippen MR) is 283 cm³/mol. The van der Waals surface area contributed by atoms with Gasteiger partial charge in [-0.2, -0.15) is 4.57 Å². The molecule has 15 heteroatoms. The third kappa shape index (κ3) is 8.80. The molecule has 5 heterocycles. The lowest BCUT2D eigenvalue weighted by molar-refractivity contribution is -0.234. The van der Waals surface area contributed by atoms with Crippen LogP contribution >= 0.6 is 0 Å². The fraction of sp³-hybridized carbons (Fsp3) is 0.242. The van der Waals surface area contributed by atoms with Gasteiger partial charge < -0.3 is 47.7 Å². The van der Waals surface area contributed by atoms with E-state index in [1.165, 1.54) is 25.4 Å². The molecule has 4 aliphatic rings. The summed E-state index contributed by atoms with van der Waals surface area (Å²) in [7, 11) is 4.73. The Morgan fingerprint density at radius 1 is 0.636 bits per heavy atom. The number of hydrogen-bond acceptors (Lipinski definition) is 13. The van der Waals surface area contributed by atoms with Crippen LogP contribution in [0.4, 0.5) is 0 Å². The Bertz CT molecular complexity index is 3610. The van der Waals surface area contributed by atoms with Gasteiger partial charge >= 0.3 is 5.69 Å². The molecule has 1 N–H and O–H groups in total. The van der Waals surface area contributed by atoms with Crippen LogP contribution in [0.15, 0.2) is 180 Å². The fourth-order valence-corrected chi connectivity index (χ4v) is 11.3. The number of ether oxygens (including phenoxy) is 9. The maximum atomic E-state index is 15.1. The van der Waals surface area contributed by atoms with Crippen molar-refractivity contribution in [1.82, 2.24) is 9.13 Å². The number of fused-ring (bicyclic) bond motifs is 4. The highest BCUT2D eigenvalue weighted by Crippen LogP contribution is 2.56. The molecule has 390 valence electrons. The molecule has 2 fully saturated rings. The Balaban J connectivity index is 1.04. The highest BCUT2D eigenvalue weighted by Gasteiger charge is 2.61. The zero-order valence-corrected chi connectivity index (χ0v) is 42.4. The molecule has 8 aromatic rings. The number of nitrogens with zero attached hydrogens (tertiary/aromatic N) is 2. The molecule has 0 spiro atoms. The topological polar surface area (TPSA) is 164 Å². The minimum Gasteiger partial charge on any atom is -0.497 e. The van der Waals surface area contributed by atoms with Crippen molar-refractivity contribution in [2.75, 3.05) is 34.5 Å². The van der Waals surface area contributed by atoms with Gasteiger partial charge in [-0.1, -0.05) is 78.9 Å². The van der Waals surface area contributed by atoms with Gasteiger partial charge in [0.1, 0.15) is 64.8 Å². The largest absolute Gasteiger partial charge is 0.497 e. The van der Waals surface area contributed by atoms with E-state index in [0.717, 1.165) is 51.3 Å². The van der Waals surface area contributed by atoms with Crippen LogP contribution in [0.25, 0.3) is 0 Å². The normalized spacial score (nSPS) is 22.0. The number of aliphatic hydroxyl groups is 1. The second-order valence-corrected chi connectivity index (χ2v) is 19.3. The molecule has 4 aliphatic heterocycles. The summed E-state index contributed by atoms with van der Waals surface area (Å²) in [6.07, 6.45) is -1.89. The van der Waals surface area contributed by atoms with Crippen molar-refractivity contribution in [3.63, 3.8) is 0 Å². The number of methoxy groups -OCH3 is 3.